The summed E-state index contributed by atoms with van der Waals surface area (Å²) in [6.07, 6.45) is 17.9. The molecule has 2 aliphatic carbocycles. The van der Waals surface area contributed by atoms with Crippen LogP contribution in [0.25, 0.3) is 10.2 Å². The van der Waals surface area contributed by atoms with Gasteiger partial charge < -0.3 is 37.9 Å². The first-order valence-electron chi connectivity index (χ1n) is 27.8. The highest BCUT2D eigenvalue weighted by Crippen LogP contribution is 2.37. The van der Waals surface area contributed by atoms with Gasteiger partial charge in [0.2, 0.25) is 0 Å². The number of para-hydroxylation sites is 1. The van der Waals surface area contributed by atoms with Crippen LogP contribution >= 0.6 is 11.3 Å². The van der Waals surface area contributed by atoms with Gasteiger partial charge in [0, 0.05) is 18.2 Å². The zero-order valence-corrected chi connectivity index (χ0v) is 46.3. The van der Waals surface area contributed by atoms with E-state index in [2.05, 4.69) is 24.7 Å². The molecule has 1 aromatic heterocycles. The van der Waals surface area contributed by atoms with Gasteiger partial charge in [-0.25, -0.2) is 24.5 Å². The van der Waals surface area contributed by atoms with E-state index in [1.165, 1.54) is 28.7 Å². The molecule has 17 heteroatoms. The number of aromatic nitrogens is 1. The van der Waals surface area contributed by atoms with Gasteiger partial charge in [0.15, 0.2) is 5.13 Å². The van der Waals surface area contributed by atoms with Gasteiger partial charge in [0.05, 0.1) is 61.7 Å². The topological polar surface area (TPSA) is 188 Å². The standard InChI is InChI=1S/C63H73N3O13S/c1-4-58(67)66(63-65-54-17-11-12-18-57(54)80-63)44-64-55-41-53(76-42-45-19-23-47(24-20-45)61(70)78-51-31-27-49(28-32-51)72-37-13-7-9-15-39-74-59(68)5-2)35-36-56(55)77-43-46-21-25-48(26-22-46)62(71)79-52-33-29-50(30-34-52)73-38-14-8-10-16-40-75-60(69)6-3/h4-6,11-12,17-18,27-36,41,44-48H,1-3,7-10,13-16,19-26,37-40,42-43H2. The van der Waals surface area contributed by atoms with E-state index in [9.17, 15) is 24.0 Å². The maximum Gasteiger partial charge on any atom is 0.330 e. The quantitative estimate of drug-likeness (QED) is 0.00988. The van der Waals surface area contributed by atoms with Gasteiger partial charge in [-0.05, 0) is 193 Å². The van der Waals surface area contributed by atoms with E-state index in [1.54, 1.807) is 54.6 Å². The molecule has 7 rings (SSSR count). The average molecular weight is 1110 g/mol. The number of esters is 4. The van der Waals surface area contributed by atoms with Crippen LogP contribution < -0.4 is 33.3 Å². The van der Waals surface area contributed by atoms with Crippen molar-refractivity contribution in [2.24, 2.45) is 28.7 Å². The first-order chi connectivity index (χ1) is 39.1. The number of carbonyl (C=O) groups is 5. The molecule has 0 spiro atoms. The van der Waals surface area contributed by atoms with Gasteiger partial charge in [0.1, 0.15) is 46.5 Å². The van der Waals surface area contributed by atoms with E-state index in [1.807, 2.05) is 36.4 Å². The molecule has 2 aliphatic rings. The molecule has 16 nitrogen and oxygen atoms in total. The van der Waals surface area contributed by atoms with E-state index < -0.39 is 17.8 Å². The normalized spacial score (nSPS) is 16.9. The van der Waals surface area contributed by atoms with Crippen LogP contribution in [-0.2, 0) is 33.4 Å². The molecule has 424 valence electrons. The molecule has 4 aromatic carbocycles. The van der Waals surface area contributed by atoms with Crippen molar-refractivity contribution in [3.8, 4) is 34.5 Å². The number of thiazole rings is 1. The molecule has 0 radical (unpaired) electrons. The predicted molar refractivity (Wildman–Crippen MR) is 308 cm³/mol. The number of benzene rings is 4. The monoisotopic (exact) mass is 1110 g/mol. The van der Waals surface area contributed by atoms with E-state index in [-0.39, 0.29) is 35.6 Å². The van der Waals surface area contributed by atoms with Crippen molar-refractivity contribution in [2.45, 2.75) is 103 Å². The fourth-order valence-electron chi connectivity index (χ4n) is 9.31. The van der Waals surface area contributed by atoms with Crippen LogP contribution in [-0.4, -0.2) is 80.7 Å². The summed E-state index contributed by atoms with van der Waals surface area (Å²) in [6.45, 7) is 13.2. The molecular formula is C63H73N3O13S. The molecule has 0 bridgehead atoms. The molecular weight excluding hydrogens is 1040 g/mol. The summed E-state index contributed by atoms with van der Waals surface area (Å²) in [5.41, 5.74) is 1.22. The summed E-state index contributed by atoms with van der Waals surface area (Å²) in [5, 5.41) is 0.447. The average Bonchev–Trinajstić information content (AvgIpc) is 3.92. The number of carbonyl (C=O) groups excluding carboxylic acids is 5. The minimum absolute atomic E-state index is 0.189. The third-order valence-corrected chi connectivity index (χ3v) is 15.0. The molecule has 80 heavy (non-hydrogen) atoms. The maximum absolute atomic E-state index is 13.3. The lowest BCUT2D eigenvalue weighted by atomic mass is 9.82. The van der Waals surface area contributed by atoms with Crippen molar-refractivity contribution in [3.63, 3.8) is 0 Å². The Morgan fingerprint density at radius 1 is 0.537 bits per heavy atom. The fourth-order valence-corrected chi connectivity index (χ4v) is 10.2. The van der Waals surface area contributed by atoms with Crippen LogP contribution in [0.15, 0.2) is 134 Å². The Morgan fingerprint density at radius 3 is 1.51 bits per heavy atom. The number of hydrogen-bond donors (Lipinski definition) is 0. The second-order valence-electron chi connectivity index (χ2n) is 19.9. The highest BCUT2D eigenvalue weighted by Gasteiger charge is 2.30. The van der Waals surface area contributed by atoms with E-state index in [0.717, 1.165) is 99.4 Å². The Hall–Kier alpha value is -7.79. The number of anilines is 1. The van der Waals surface area contributed by atoms with Crippen LogP contribution in [0, 0.1) is 23.7 Å². The van der Waals surface area contributed by atoms with Crippen molar-refractivity contribution in [3.05, 3.63) is 129 Å². The Morgan fingerprint density at radius 2 is 1.01 bits per heavy atom. The van der Waals surface area contributed by atoms with E-state index in [4.69, 9.17) is 42.9 Å². The Bertz CT molecular complexity index is 2820. The molecule has 0 N–H and O–H groups in total. The highest BCUT2D eigenvalue weighted by atomic mass is 32.1. The van der Waals surface area contributed by atoms with Gasteiger partial charge in [0.25, 0.3) is 5.91 Å². The Balaban J connectivity index is 0.869. The van der Waals surface area contributed by atoms with Gasteiger partial charge in [-0.2, -0.15) is 0 Å². The lowest BCUT2D eigenvalue weighted by molar-refractivity contribution is -0.141. The molecule has 0 atom stereocenters. The summed E-state index contributed by atoms with van der Waals surface area (Å²) < 4.78 is 47.1. The molecule has 2 fully saturated rings. The first-order valence-corrected chi connectivity index (χ1v) is 28.6. The lowest BCUT2D eigenvalue weighted by Crippen LogP contribution is -2.28. The number of fused-ring (bicyclic) bond motifs is 1. The van der Waals surface area contributed by atoms with E-state index >= 15 is 0 Å². The first kappa shape index (κ1) is 59.9. The summed E-state index contributed by atoms with van der Waals surface area (Å²) in [4.78, 5) is 72.9. The number of amides is 1. The third kappa shape index (κ3) is 19.5. The van der Waals surface area contributed by atoms with Crippen molar-refractivity contribution in [1.29, 1.82) is 0 Å². The van der Waals surface area contributed by atoms with Crippen LogP contribution in [0.2, 0.25) is 0 Å². The molecule has 0 unspecified atom stereocenters. The number of hydrogen-bond acceptors (Lipinski definition) is 16. The SMILES string of the molecule is C=CC(=O)OCCCCCCOc1ccc(OC(=O)C2CCC(COc3ccc(OCC4CCC(C(=O)Oc5ccc(OCCCCCCOC(=O)C=C)cc5)CC4)c(N=CN(C(=O)C=C)c4nc5ccccc5s4)c3)CC2)cc1. The number of ether oxygens (including phenoxy) is 8. The fraction of sp³-hybridized carbons (Fsp3) is 0.413. The Kier molecular flexibility index (Phi) is 24.2. The van der Waals surface area contributed by atoms with Crippen LogP contribution in [0.1, 0.15) is 103 Å². The van der Waals surface area contributed by atoms with Crippen molar-refractivity contribution < 1.29 is 61.9 Å². The summed E-state index contributed by atoms with van der Waals surface area (Å²) in [5.74, 6) is 1.72. The summed E-state index contributed by atoms with van der Waals surface area (Å²) in [7, 11) is 0. The number of rotatable bonds is 32. The number of aliphatic imine (C=N–C) groups is 1. The zero-order valence-electron chi connectivity index (χ0n) is 45.5. The van der Waals surface area contributed by atoms with Crippen molar-refractivity contribution >= 4 is 68.5 Å². The lowest BCUT2D eigenvalue weighted by Gasteiger charge is -2.27. The predicted octanol–water partition coefficient (Wildman–Crippen LogP) is 13.1. The van der Waals surface area contributed by atoms with Crippen molar-refractivity contribution in [1.82, 2.24) is 4.98 Å². The molecule has 0 saturated heterocycles. The largest absolute Gasteiger partial charge is 0.494 e. The minimum atomic E-state index is -0.403. The van der Waals surface area contributed by atoms with Crippen LogP contribution in [0.4, 0.5) is 10.8 Å². The van der Waals surface area contributed by atoms with Crippen LogP contribution in [0.3, 0.4) is 0 Å². The number of unbranched alkanes of at least 4 members (excludes halogenated alkanes) is 6. The molecule has 1 heterocycles. The second-order valence-corrected chi connectivity index (χ2v) is 20.9. The highest BCUT2D eigenvalue weighted by molar-refractivity contribution is 7.22. The zero-order chi connectivity index (χ0) is 56.3. The molecule has 1 amide bonds. The maximum atomic E-state index is 13.3. The Labute approximate surface area is 472 Å². The third-order valence-electron chi connectivity index (χ3n) is 14.0. The molecule has 2 saturated carbocycles. The van der Waals surface area contributed by atoms with Gasteiger partial charge in [-0.1, -0.05) is 43.2 Å². The van der Waals surface area contributed by atoms with E-state index in [0.29, 0.717) is 111 Å². The van der Waals surface area contributed by atoms with Crippen molar-refractivity contribution in [2.75, 3.05) is 44.5 Å². The summed E-state index contributed by atoms with van der Waals surface area (Å²) >= 11 is 1.37. The van der Waals surface area contributed by atoms with Crippen LogP contribution in [0.5, 0.6) is 34.5 Å². The molecule has 5 aromatic rings. The van der Waals surface area contributed by atoms with Gasteiger partial charge in [-0.3, -0.25) is 14.4 Å². The minimum Gasteiger partial charge on any atom is -0.494 e. The smallest absolute Gasteiger partial charge is 0.330 e. The number of nitrogens with zero attached hydrogens (tertiary/aromatic N) is 3. The summed E-state index contributed by atoms with van der Waals surface area (Å²) in [6, 6.07) is 27.3. The van der Waals surface area contributed by atoms with Gasteiger partial charge >= 0.3 is 23.9 Å². The second kappa shape index (κ2) is 32.3. The molecule has 0 aliphatic heterocycles. The van der Waals surface area contributed by atoms with Gasteiger partial charge in [-0.15, -0.1) is 0 Å².